The highest BCUT2D eigenvalue weighted by atomic mass is 32.2. The van der Waals surface area contributed by atoms with E-state index in [-0.39, 0.29) is 24.4 Å². The van der Waals surface area contributed by atoms with Crippen LogP contribution in [0.5, 0.6) is 0 Å². The molecule has 1 heterocycles. The molecule has 0 aliphatic carbocycles. The second-order valence-electron chi connectivity index (χ2n) is 5.44. The SMILES string of the molecule is CCC1(C(=O)O)CCN(S(=O)(=O)c2cc(F)ccc2C)C1. The highest BCUT2D eigenvalue weighted by Crippen LogP contribution is 2.37. The minimum Gasteiger partial charge on any atom is -0.481 e. The van der Waals surface area contributed by atoms with Gasteiger partial charge < -0.3 is 5.11 Å². The number of rotatable bonds is 4. The van der Waals surface area contributed by atoms with Gasteiger partial charge in [0.15, 0.2) is 0 Å². The lowest BCUT2D eigenvalue weighted by Crippen LogP contribution is -2.36. The Bertz CT molecular complexity index is 674. The lowest BCUT2D eigenvalue weighted by Gasteiger charge is -2.23. The lowest BCUT2D eigenvalue weighted by molar-refractivity contribution is -0.148. The standard InChI is InChI=1S/C14H18FNO4S/c1-3-14(13(17)18)6-7-16(9-14)21(19,20)12-8-11(15)5-4-10(12)2/h4-5,8H,3,6-7,9H2,1-2H3,(H,17,18). The van der Waals surface area contributed by atoms with E-state index in [1.54, 1.807) is 13.8 Å². The maximum atomic E-state index is 13.3. The van der Waals surface area contributed by atoms with Gasteiger partial charge in [0.1, 0.15) is 5.82 Å². The fourth-order valence-electron chi connectivity index (χ4n) is 2.64. The number of halogens is 1. The summed E-state index contributed by atoms with van der Waals surface area (Å²) >= 11 is 0. The highest BCUT2D eigenvalue weighted by Gasteiger charge is 2.47. The normalized spacial score (nSPS) is 23.4. The first-order valence-corrected chi connectivity index (χ1v) is 8.17. The molecule has 1 aromatic carbocycles. The number of nitrogens with zero attached hydrogens (tertiary/aromatic N) is 1. The molecule has 1 unspecified atom stereocenters. The molecule has 1 aliphatic rings. The van der Waals surface area contributed by atoms with Crippen LogP contribution in [0.1, 0.15) is 25.3 Å². The monoisotopic (exact) mass is 315 g/mol. The van der Waals surface area contributed by atoms with Crippen molar-refractivity contribution in [3.8, 4) is 0 Å². The molecule has 0 amide bonds. The van der Waals surface area contributed by atoms with Gasteiger partial charge in [0.25, 0.3) is 0 Å². The van der Waals surface area contributed by atoms with E-state index >= 15 is 0 Å². The zero-order valence-corrected chi connectivity index (χ0v) is 12.8. The molecule has 0 bridgehead atoms. The van der Waals surface area contributed by atoms with E-state index in [4.69, 9.17) is 0 Å². The van der Waals surface area contributed by atoms with Crippen molar-refractivity contribution in [2.24, 2.45) is 5.41 Å². The minimum absolute atomic E-state index is 0.0723. The Hall–Kier alpha value is -1.47. The smallest absolute Gasteiger partial charge is 0.311 e. The van der Waals surface area contributed by atoms with Crippen LogP contribution in [-0.2, 0) is 14.8 Å². The third-order valence-corrected chi connectivity index (χ3v) is 6.20. The molecule has 7 heteroatoms. The first kappa shape index (κ1) is 15.9. The topological polar surface area (TPSA) is 74.7 Å². The Kier molecular flexibility index (Phi) is 4.08. The number of hydrogen-bond donors (Lipinski definition) is 1. The molecular weight excluding hydrogens is 297 g/mol. The number of hydrogen-bond acceptors (Lipinski definition) is 3. The van der Waals surface area contributed by atoms with E-state index in [2.05, 4.69) is 0 Å². The van der Waals surface area contributed by atoms with Crippen molar-refractivity contribution in [2.45, 2.75) is 31.6 Å². The summed E-state index contributed by atoms with van der Waals surface area (Å²) in [7, 11) is -3.88. The average Bonchev–Trinajstić information content (AvgIpc) is 2.88. The first-order chi connectivity index (χ1) is 9.73. The second kappa shape index (κ2) is 5.38. The molecule has 1 aliphatic heterocycles. The van der Waals surface area contributed by atoms with Crippen molar-refractivity contribution < 1.29 is 22.7 Å². The van der Waals surface area contributed by atoms with Crippen LogP contribution in [0.3, 0.4) is 0 Å². The number of benzene rings is 1. The average molecular weight is 315 g/mol. The molecule has 1 aromatic rings. The Morgan fingerprint density at radius 2 is 2.14 bits per heavy atom. The van der Waals surface area contributed by atoms with Crippen LogP contribution in [0.15, 0.2) is 23.1 Å². The van der Waals surface area contributed by atoms with Crippen molar-refractivity contribution in [3.63, 3.8) is 0 Å². The molecule has 0 saturated carbocycles. The zero-order valence-electron chi connectivity index (χ0n) is 12.0. The predicted molar refractivity (Wildman–Crippen MR) is 74.9 cm³/mol. The molecule has 1 fully saturated rings. The Morgan fingerprint density at radius 3 is 2.67 bits per heavy atom. The molecule has 1 saturated heterocycles. The van der Waals surface area contributed by atoms with E-state index in [1.165, 1.54) is 12.1 Å². The molecule has 21 heavy (non-hydrogen) atoms. The van der Waals surface area contributed by atoms with Gasteiger partial charge in [0.05, 0.1) is 10.3 Å². The van der Waals surface area contributed by atoms with Gasteiger partial charge in [-0.1, -0.05) is 13.0 Å². The number of sulfonamides is 1. The molecule has 2 rings (SSSR count). The van der Waals surface area contributed by atoms with Gasteiger partial charge in [-0.3, -0.25) is 4.79 Å². The third kappa shape index (κ3) is 2.67. The van der Waals surface area contributed by atoms with Crippen LogP contribution >= 0.6 is 0 Å². The summed E-state index contributed by atoms with van der Waals surface area (Å²) < 4.78 is 39.7. The third-order valence-electron chi connectivity index (χ3n) is 4.22. The number of aliphatic carboxylic acids is 1. The summed E-state index contributed by atoms with van der Waals surface area (Å²) in [4.78, 5) is 11.3. The predicted octanol–water partition coefficient (Wildman–Crippen LogP) is 2.01. The summed E-state index contributed by atoms with van der Waals surface area (Å²) in [6.45, 7) is 3.39. The van der Waals surface area contributed by atoms with Gasteiger partial charge in [-0.05, 0) is 37.5 Å². The van der Waals surface area contributed by atoms with Gasteiger partial charge >= 0.3 is 5.97 Å². The Morgan fingerprint density at radius 1 is 1.48 bits per heavy atom. The van der Waals surface area contributed by atoms with E-state index < -0.39 is 27.2 Å². The molecule has 0 radical (unpaired) electrons. The fraction of sp³-hybridized carbons (Fsp3) is 0.500. The molecule has 0 aromatic heterocycles. The summed E-state index contributed by atoms with van der Waals surface area (Å²) in [5.41, 5.74) is -0.602. The Balaban J connectivity index is 2.38. The van der Waals surface area contributed by atoms with Crippen molar-refractivity contribution in [1.29, 1.82) is 0 Å². The summed E-state index contributed by atoms with van der Waals surface area (Å²) in [6.07, 6.45) is 0.628. The largest absolute Gasteiger partial charge is 0.481 e. The first-order valence-electron chi connectivity index (χ1n) is 6.73. The maximum Gasteiger partial charge on any atom is 0.311 e. The molecule has 116 valence electrons. The van der Waals surface area contributed by atoms with Crippen molar-refractivity contribution >= 4 is 16.0 Å². The number of carboxylic acids is 1. The van der Waals surface area contributed by atoms with Crippen molar-refractivity contribution in [3.05, 3.63) is 29.6 Å². The molecule has 5 nitrogen and oxygen atoms in total. The second-order valence-corrected chi connectivity index (χ2v) is 7.34. The van der Waals surface area contributed by atoms with Crippen LogP contribution in [0.2, 0.25) is 0 Å². The summed E-state index contributed by atoms with van der Waals surface area (Å²) in [5, 5.41) is 9.34. The highest BCUT2D eigenvalue weighted by molar-refractivity contribution is 7.89. The molecule has 1 atom stereocenters. The molecule has 1 N–H and O–H groups in total. The summed E-state index contributed by atoms with van der Waals surface area (Å²) in [6, 6.07) is 3.59. The Labute approximate surface area is 123 Å². The van der Waals surface area contributed by atoms with Crippen LogP contribution in [0.4, 0.5) is 4.39 Å². The van der Waals surface area contributed by atoms with Gasteiger partial charge in [-0.2, -0.15) is 4.31 Å². The van der Waals surface area contributed by atoms with Gasteiger partial charge in [0, 0.05) is 13.1 Å². The maximum absolute atomic E-state index is 13.3. The number of aryl methyl sites for hydroxylation is 1. The number of carbonyl (C=O) groups is 1. The van der Waals surface area contributed by atoms with E-state index in [0.29, 0.717) is 12.0 Å². The van der Waals surface area contributed by atoms with E-state index in [0.717, 1.165) is 10.4 Å². The van der Waals surface area contributed by atoms with E-state index in [9.17, 15) is 22.7 Å². The van der Waals surface area contributed by atoms with Crippen LogP contribution in [0, 0.1) is 18.2 Å². The quantitative estimate of drug-likeness (QED) is 0.922. The zero-order chi connectivity index (χ0) is 15.8. The van der Waals surface area contributed by atoms with Crippen molar-refractivity contribution in [1.82, 2.24) is 4.31 Å². The number of carboxylic acid groups (broad SMARTS) is 1. The van der Waals surface area contributed by atoms with Gasteiger partial charge in [0.2, 0.25) is 10.0 Å². The van der Waals surface area contributed by atoms with Crippen molar-refractivity contribution in [2.75, 3.05) is 13.1 Å². The van der Waals surface area contributed by atoms with Crippen LogP contribution in [-0.4, -0.2) is 36.9 Å². The molecular formula is C14H18FNO4S. The van der Waals surface area contributed by atoms with Crippen LogP contribution < -0.4 is 0 Å². The van der Waals surface area contributed by atoms with Gasteiger partial charge in [-0.25, -0.2) is 12.8 Å². The van der Waals surface area contributed by atoms with Gasteiger partial charge in [-0.15, -0.1) is 0 Å². The van der Waals surface area contributed by atoms with Crippen LogP contribution in [0.25, 0.3) is 0 Å². The fourth-order valence-corrected chi connectivity index (χ4v) is 4.41. The minimum atomic E-state index is -3.88. The summed E-state index contributed by atoms with van der Waals surface area (Å²) in [5.74, 6) is -1.61. The molecule has 0 spiro atoms. The lowest BCUT2D eigenvalue weighted by atomic mass is 9.85. The van der Waals surface area contributed by atoms with E-state index in [1.807, 2.05) is 0 Å².